The molecular weight excluding hydrogens is 275 g/mol. The van der Waals surface area contributed by atoms with E-state index in [4.69, 9.17) is 27.9 Å². The molecule has 0 aliphatic carbocycles. The van der Waals surface area contributed by atoms with Gasteiger partial charge in [-0.2, -0.15) is 0 Å². The van der Waals surface area contributed by atoms with E-state index in [1.165, 1.54) is 5.01 Å². The van der Waals surface area contributed by atoms with Gasteiger partial charge in [-0.1, -0.05) is 23.2 Å². The van der Waals surface area contributed by atoms with Crippen LogP contribution in [0.4, 0.5) is 10.5 Å². The zero-order valence-corrected chi connectivity index (χ0v) is 12.3. The first-order valence-electron chi connectivity index (χ1n) is 5.37. The third-order valence-electron chi connectivity index (χ3n) is 1.93. The summed E-state index contributed by atoms with van der Waals surface area (Å²) in [5.41, 5.74) is 2.59. The van der Waals surface area contributed by atoms with Gasteiger partial charge >= 0.3 is 6.09 Å². The van der Waals surface area contributed by atoms with Crippen LogP contribution in [-0.2, 0) is 4.74 Å². The highest BCUT2D eigenvalue weighted by Gasteiger charge is 2.18. The lowest BCUT2D eigenvalue weighted by atomic mass is 10.2. The Balaban J connectivity index is 2.73. The van der Waals surface area contributed by atoms with Gasteiger partial charge in [-0.3, -0.25) is 5.01 Å². The Morgan fingerprint density at radius 1 is 1.33 bits per heavy atom. The first-order chi connectivity index (χ1) is 8.19. The minimum absolute atomic E-state index is 0.484. The molecule has 0 fully saturated rings. The van der Waals surface area contributed by atoms with E-state index in [-0.39, 0.29) is 0 Å². The monoisotopic (exact) mass is 290 g/mol. The quantitative estimate of drug-likeness (QED) is 0.841. The van der Waals surface area contributed by atoms with Crippen molar-refractivity contribution in [2.45, 2.75) is 26.4 Å². The van der Waals surface area contributed by atoms with Gasteiger partial charge in [0, 0.05) is 12.1 Å². The van der Waals surface area contributed by atoms with Crippen LogP contribution < -0.4 is 10.4 Å². The number of hydrogen-bond acceptors (Lipinski definition) is 3. The topological polar surface area (TPSA) is 41.6 Å². The number of ether oxygens (including phenoxy) is 1. The number of rotatable bonds is 2. The van der Waals surface area contributed by atoms with Crippen LogP contribution in [0, 0.1) is 0 Å². The summed E-state index contributed by atoms with van der Waals surface area (Å²) in [5.74, 6) is 0. The van der Waals surface area contributed by atoms with Crippen LogP contribution in [0.1, 0.15) is 20.8 Å². The van der Waals surface area contributed by atoms with Crippen LogP contribution in [0.3, 0.4) is 0 Å². The number of benzene rings is 1. The lowest BCUT2D eigenvalue weighted by molar-refractivity contribution is 0.0524. The van der Waals surface area contributed by atoms with E-state index >= 15 is 0 Å². The van der Waals surface area contributed by atoms with Gasteiger partial charge in [-0.15, -0.1) is 0 Å². The Bertz CT molecular complexity index is 444. The van der Waals surface area contributed by atoms with Crippen molar-refractivity contribution in [1.29, 1.82) is 0 Å². The predicted molar refractivity (Wildman–Crippen MR) is 74.2 cm³/mol. The van der Waals surface area contributed by atoms with Crippen molar-refractivity contribution < 1.29 is 9.53 Å². The molecule has 0 aliphatic heterocycles. The van der Waals surface area contributed by atoms with E-state index in [9.17, 15) is 4.79 Å². The summed E-state index contributed by atoms with van der Waals surface area (Å²) in [4.78, 5) is 11.6. The Morgan fingerprint density at radius 3 is 2.50 bits per heavy atom. The standard InChI is InChI=1S/C12H16Cl2N2O2/c1-12(2,3)18-11(17)15-16(4)10-7-8(13)5-6-9(10)14/h5-7H,1-4H3,(H,15,17). The number of halogens is 2. The van der Waals surface area contributed by atoms with Crippen molar-refractivity contribution in [1.82, 2.24) is 5.43 Å². The van der Waals surface area contributed by atoms with Crippen LogP contribution in [0.25, 0.3) is 0 Å². The van der Waals surface area contributed by atoms with Crippen molar-refractivity contribution in [2.75, 3.05) is 12.1 Å². The minimum Gasteiger partial charge on any atom is -0.443 e. The lowest BCUT2D eigenvalue weighted by Crippen LogP contribution is -2.42. The third-order valence-corrected chi connectivity index (χ3v) is 2.48. The van der Waals surface area contributed by atoms with Crippen molar-refractivity contribution in [3.05, 3.63) is 28.2 Å². The summed E-state index contributed by atoms with van der Waals surface area (Å²) < 4.78 is 5.13. The molecule has 18 heavy (non-hydrogen) atoms. The maximum Gasteiger partial charge on any atom is 0.426 e. The molecule has 0 radical (unpaired) electrons. The summed E-state index contributed by atoms with van der Waals surface area (Å²) in [5, 5.41) is 2.48. The zero-order valence-electron chi connectivity index (χ0n) is 10.8. The van der Waals surface area contributed by atoms with Gasteiger partial charge in [-0.05, 0) is 39.0 Å². The summed E-state index contributed by atoms with van der Waals surface area (Å²) in [6.45, 7) is 5.37. The highest BCUT2D eigenvalue weighted by Crippen LogP contribution is 2.27. The van der Waals surface area contributed by atoms with Crippen LogP contribution in [-0.4, -0.2) is 18.7 Å². The molecule has 0 unspecified atom stereocenters. The molecule has 0 atom stereocenters. The van der Waals surface area contributed by atoms with Crippen molar-refractivity contribution in [3.8, 4) is 0 Å². The number of hydrogen-bond donors (Lipinski definition) is 1. The van der Waals surface area contributed by atoms with E-state index in [1.807, 2.05) is 0 Å². The molecule has 1 N–H and O–H groups in total. The van der Waals surface area contributed by atoms with Gasteiger partial charge in [0.1, 0.15) is 5.60 Å². The minimum atomic E-state index is -0.555. The first kappa shape index (κ1) is 14.9. The van der Waals surface area contributed by atoms with E-state index in [0.717, 1.165) is 0 Å². The van der Waals surface area contributed by atoms with Crippen LogP contribution >= 0.6 is 23.2 Å². The Labute approximate surface area is 117 Å². The van der Waals surface area contributed by atoms with Gasteiger partial charge in [0.2, 0.25) is 0 Å². The number of carbonyl (C=O) groups excluding carboxylic acids is 1. The second-order valence-electron chi connectivity index (χ2n) is 4.77. The largest absolute Gasteiger partial charge is 0.443 e. The molecule has 0 heterocycles. The first-order valence-corrected chi connectivity index (χ1v) is 6.13. The molecule has 0 saturated carbocycles. The average Bonchev–Trinajstić information content (AvgIpc) is 2.18. The normalized spacial score (nSPS) is 11.0. The number of amides is 1. The fraction of sp³-hybridized carbons (Fsp3) is 0.417. The lowest BCUT2D eigenvalue weighted by Gasteiger charge is -2.25. The molecule has 0 spiro atoms. The molecule has 100 valence electrons. The SMILES string of the molecule is CN(NC(=O)OC(C)(C)C)c1cc(Cl)ccc1Cl. The molecule has 0 aromatic heterocycles. The number of anilines is 1. The third kappa shape index (κ3) is 4.63. The van der Waals surface area contributed by atoms with Gasteiger partial charge in [0.05, 0.1) is 10.7 Å². The zero-order chi connectivity index (χ0) is 13.9. The van der Waals surface area contributed by atoms with Crippen LogP contribution in [0.15, 0.2) is 18.2 Å². The van der Waals surface area contributed by atoms with E-state index in [0.29, 0.717) is 15.7 Å². The number of carbonyl (C=O) groups is 1. The van der Waals surface area contributed by atoms with Crippen molar-refractivity contribution in [2.24, 2.45) is 0 Å². The van der Waals surface area contributed by atoms with Gasteiger partial charge < -0.3 is 4.74 Å². The maximum absolute atomic E-state index is 11.6. The summed E-state index contributed by atoms with van der Waals surface area (Å²) in [6.07, 6.45) is -0.555. The highest BCUT2D eigenvalue weighted by atomic mass is 35.5. The van der Waals surface area contributed by atoms with Crippen LogP contribution in [0.2, 0.25) is 10.0 Å². The van der Waals surface area contributed by atoms with E-state index in [1.54, 1.807) is 46.0 Å². The van der Waals surface area contributed by atoms with Crippen LogP contribution in [0.5, 0.6) is 0 Å². The molecule has 1 aromatic carbocycles. The Kier molecular flexibility index (Phi) is 4.71. The van der Waals surface area contributed by atoms with Crippen molar-refractivity contribution in [3.63, 3.8) is 0 Å². The predicted octanol–water partition coefficient (Wildman–Crippen LogP) is 3.87. The van der Waals surface area contributed by atoms with Gasteiger partial charge in [0.15, 0.2) is 0 Å². The van der Waals surface area contributed by atoms with E-state index in [2.05, 4.69) is 5.43 Å². The Morgan fingerprint density at radius 2 is 1.94 bits per heavy atom. The van der Waals surface area contributed by atoms with Gasteiger partial charge in [-0.25, -0.2) is 10.2 Å². The van der Waals surface area contributed by atoms with E-state index < -0.39 is 11.7 Å². The maximum atomic E-state index is 11.6. The molecule has 0 saturated heterocycles. The molecule has 0 bridgehead atoms. The fourth-order valence-electron chi connectivity index (χ4n) is 1.24. The number of hydrazine groups is 1. The molecule has 4 nitrogen and oxygen atoms in total. The molecule has 6 heteroatoms. The summed E-state index contributed by atoms with van der Waals surface area (Å²) in [6, 6.07) is 4.99. The molecule has 1 rings (SSSR count). The van der Waals surface area contributed by atoms with Crippen molar-refractivity contribution >= 4 is 35.0 Å². The number of nitrogens with one attached hydrogen (secondary N) is 1. The molecule has 0 aliphatic rings. The van der Waals surface area contributed by atoms with Gasteiger partial charge in [0.25, 0.3) is 0 Å². The smallest absolute Gasteiger partial charge is 0.426 e. The molecule has 1 amide bonds. The molecular formula is C12H16Cl2N2O2. The Hall–Kier alpha value is -1.13. The fourth-order valence-corrected chi connectivity index (χ4v) is 1.65. The molecule has 1 aromatic rings. The number of nitrogens with zero attached hydrogens (tertiary/aromatic N) is 1. The highest BCUT2D eigenvalue weighted by molar-refractivity contribution is 6.35. The second-order valence-corrected chi connectivity index (χ2v) is 5.61. The summed E-state index contributed by atoms with van der Waals surface area (Å²) >= 11 is 11.9. The summed E-state index contributed by atoms with van der Waals surface area (Å²) in [7, 11) is 1.65. The average molecular weight is 291 g/mol. The second kappa shape index (κ2) is 5.67.